The van der Waals surface area contributed by atoms with E-state index in [-0.39, 0.29) is 11.3 Å². The smallest absolute Gasteiger partial charge is 0.230 e. The molecule has 1 saturated heterocycles. The van der Waals surface area contributed by atoms with Crippen molar-refractivity contribution in [3.63, 3.8) is 0 Å². The summed E-state index contributed by atoms with van der Waals surface area (Å²) in [7, 11) is 3.77. The lowest BCUT2D eigenvalue weighted by Gasteiger charge is -2.62. The van der Waals surface area contributed by atoms with Crippen LogP contribution in [-0.2, 0) is 4.79 Å². The minimum atomic E-state index is -0.0113. The maximum atomic E-state index is 13.4. The Hall–Kier alpha value is -1.51. The molecule has 29 heavy (non-hydrogen) atoms. The Kier molecular flexibility index (Phi) is 4.53. The summed E-state index contributed by atoms with van der Waals surface area (Å²) in [6.45, 7) is 5.11. The molecule has 0 N–H and O–H groups in total. The second-order valence-electron chi connectivity index (χ2n) is 11.0. The van der Waals surface area contributed by atoms with Crippen molar-refractivity contribution in [1.82, 2.24) is 4.90 Å². The van der Waals surface area contributed by atoms with Crippen molar-refractivity contribution < 1.29 is 9.53 Å². The summed E-state index contributed by atoms with van der Waals surface area (Å²) < 4.78 is 5.34. The molecule has 0 radical (unpaired) electrons. The first-order valence-corrected chi connectivity index (χ1v) is 11.8. The number of rotatable bonds is 2. The molecule has 1 heterocycles. The molecule has 3 saturated carbocycles. The Balaban J connectivity index is 1.48. The van der Waals surface area contributed by atoms with Crippen molar-refractivity contribution in [2.45, 2.75) is 77.2 Å². The number of nitrogens with zero attached hydrogens (tertiary/aromatic N) is 1. The maximum Gasteiger partial charge on any atom is 0.230 e. The second kappa shape index (κ2) is 6.75. The third-order valence-electron chi connectivity index (χ3n) is 9.88. The van der Waals surface area contributed by atoms with Crippen LogP contribution in [0.4, 0.5) is 0 Å². The van der Waals surface area contributed by atoms with Crippen molar-refractivity contribution in [1.29, 1.82) is 0 Å². The summed E-state index contributed by atoms with van der Waals surface area (Å²) in [5.74, 6) is 3.73. The minimum Gasteiger partial charge on any atom is -0.497 e. The first-order chi connectivity index (χ1) is 13.9. The van der Waals surface area contributed by atoms with Crippen molar-refractivity contribution >= 4 is 5.91 Å². The lowest BCUT2D eigenvalue weighted by atomic mass is 9.46. The van der Waals surface area contributed by atoms with E-state index >= 15 is 0 Å². The molecular formula is C26H37NO2. The van der Waals surface area contributed by atoms with Crippen LogP contribution < -0.4 is 4.74 Å². The predicted molar refractivity (Wildman–Crippen MR) is 116 cm³/mol. The molecule has 5 rings (SSSR count). The average Bonchev–Trinajstić information content (AvgIpc) is 3.13. The van der Waals surface area contributed by atoms with Gasteiger partial charge in [-0.1, -0.05) is 32.4 Å². The largest absolute Gasteiger partial charge is 0.497 e. The van der Waals surface area contributed by atoms with E-state index in [2.05, 4.69) is 37.9 Å². The summed E-state index contributed by atoms with van der Waals surface area (Å²) in [5, 5.41) is 0. The molecule has 1 aromatic carbocycles. The molecule has 158 valence electrons. The van der Waals surface area contributed by atoms with Crippen LogP contribution in [0.3, 0.4) is 0 Å². The highest BCUT2D eigenvalue weighted by Crippen LogP contribution is 2.65. The molecule has 3 heteroatoms. The Bertz CT molecular complexity index is 788. The number of carbonyl (C=O) groups is 1. The van der Waals surface area contributed by atoms with Gasteiger partial charge in [0, 0.05) is 13.1 Å². The Morgan fingerprint density at radius 3 is 2.48 bits per heavy atom. The summed E-state index contributed by atoms with van der Waals surface area (Å²) in [5.41, 5.74) is 1.99. The Morgan fingerprint density at radius 2 is 1.76 bits per heavy atom. The summed E-state index contributed by atoms with van der Waals surface area (Å²) in [6, 6.07) is 8.63. The van der Waals surface area contributed by atoms with Gasteiger partial charge in [0.15, 0.2) is 0 Å². The Labute approximate surface area is 176 Å². The SMILES string of the molecule is COc1ccc(C2C[C@]3(C)[C@H]4CC[C@]5(C)CCC[C@H]5[C@@H]4CC[C@H]3N(C)C2=O)cc1. The molecule has 1 aliphatic heterocycles. The average molecular weight is 396 g/mol. The molecule has 3 aliphatic carbocycles. The van der Waals surface area contributed by atoms with Crippen molar-refractivity contribution in [3.05, 3.63) is 29.8 Å². The monoisotopic (exact) mass is 395 g/mol. The maximum absolute atomic E-state index is 13.4. The van der Waals surface area contributed by atoms with E-state index in [9.17, 15) is 4.79 Å². The van der Waals surface area contributed by atoms with Gasteiger partial charge in [-0.25, -0.2) is 0 Å². The third kappa shape index (κ3) is 2.79. The topological polar surface area (TPSA) is 29.5 Å². The molecule has 1 aromatic rings. The van der Waals surface area contributed by atoms with E-state index in [1.807, 2.05) is 12.1 Å². The van der Waals surface area contributed by atoms with E-state index in [1.165, 1.54) is 44.9 Å². The van der Waals surface area contributed by atoms with E-state index < -0.39 is 0 Å². The number of hydrogen-bond donors (Lipinski definition) is 0. The molecule has 4 aliphatic rings. The van der Waals surface area contributed by atoms with Crippen LogP contribution in [0.15, 0.2) is 24.3 Å². The molecular weight excluding hydrogens is 358 g/mol. The van der Waals surface area contributed by atoms with Gasteiger partial charge >= 0.3 is 0 Å². The zero-order valence-corrected chi connectivity index (χ0v) is 18.6. The highest BCUT2D eigenvalue weighted by atomic mass is 16.5. The number of fused-ring (bicyclic) bond motifs is 5. The zero-order chi connectivity index (χ0) is 20.4. The molecule has 0 spiro atoms. The van der Waals surface area contributed by atoms with Gasteiger partial charge in [-0.2, -0.15) is 0 Å². The summed E-state index contributed by atoms with van der Waals surface area (Å²) in [6.07, 6.45) is 10.6. The van der Waals surface area contributed by atoms with Crippen molar-refractivity contribution in [3.8, 4) is 5.75 Å². The minimum absolute atomic E-state index is 0.0113. The van der Waals surface area contributed by atoms with Crippen molar-refractivity contribution in [2.24, 2.45) is 28.6 Å². The van der Waals surface area contributed by atoms with Crippen LogP contribution in [-0.4, -0.2) is 31.0 Å². The van der Waals surface area contributed by atoms with Crippen LogP contribution >= 0.6 is 0 Å². The predicted octanol–water partition coefficient (Wildman–Crippen LogP) is 5.64. The molecule has 1 amide bonds. The van der Waals surface area contributed by atoms with E-state index in [1.54, 1.807) is 7.11 Å². The van der Waals surface area contributed by atoms with Crippen LogP contribution in [0.1, 0.15) is 76.7 Å². The van der Waals surface area contributed by atoms with Gasteiger partial charge in [-0.15, -0.1) is 0 Å². The summed E-state index contributed by atoms with van der Waals surface area (Å²) >= 11 is 0. The third-order valence-corrected chi connectivity index (χ3v) is 9.88. The summed E-state index contributed by atoms with van der Waals surface area (Å²) in [4.78, 5) is 15.5. The number of piperidine rings is 1. The lowest BCUT2D eigenvalue weighted by Crippen LogP contribution is -2.62. The van der Waals surface area contributed by atoms with E-state index in [0.717, 1.165) is 35.5 Å². The van der Waals surface area contributed by atoms with Gasteiger partial charge in [-0.05, 0) is 91.2 Å². The number of likely N-dealkylation sites (N-methyl/N-ethyl adjacent to an activating group) is 1. The van der Waals surface area contributed by atoms with Gasteiger partial charge in [0.1, 0.15) is 5.75 Å². The number of likely N-dealkylation sites (tertiary alicyclic amines) is 1. The van der Waals surface area contributed by atoms with E-state index in [0.29, 0.717) is 17.4 Å². The number of amides is 1. The zero-order valence-electron chi connectivity index (χ0n) is 18.6. The number of carbonyl (C=O) groups excluding carboxylic acids is 1. The fourth-order valence-corrected chi connectivity index (χ4v) is 8.38. The molecule has 4 fully saturated rings. The van der Waals surface area contributed by atoms with Crippen LogP contribution in [0.25, 0.3) is 0 Å². The van der Waals surface area contributed by atoms with Gasteiger partial charge in [-0.3, -0.25) is 4.79 Å². The fraction of sp³-hybridized carbons (Fsp3) is 0.731. The first-order valence-electron chi connectivity index (χ1n) is 11.8. The Morgan fingerprint density at radius 1 is 1.00 bits per heavy atom. The van der Waals surface area contributed by atoms with Gasteiger partial charge in [0.25, 0.3) is 0 Å². The van der Waals surface area contributed by atoms with Crippen LogP contribution in [0, 0.1) is 28.6 Å². The first kappa shape index (κ1) is 19.5. The highest BCUT2D eigenvalue weighted by Gasteiger charge is 2.60. The number of hydrogen-bond acceptors (Lipinski definition) is 2. The molecule has 1 unspecified atom stereocenters. The second-order valence-corrected chi connectivity index (χ2v) is 11.0. The quantitative estimate of drug-likeness (QED) is 0.648. The normalized spacial score (nSPS) is 44.1. The molecule has 0 bridgehead atoms. The molecule has 0 aromatic heterocycles. The molecule has 3 nitrogen and oxygen atoms in total. The standard InChI is InChI=1S/C26H37NO2/c1-25-14-5-6-21(25)19-11-12-23-26(2,22(19)13-15-25)16-20(24(28)27(23)3)17-7-9-18(29-4)10-8-17/h7-10,19-23H,5-6,11-16H2,1-4H3/t19-,20?,21-,22-,23+,25-,26+/m0/s1. The van der Waals surface area contributed by atoms with Crippen molar-refractivity contribution in [2.75, 3.05) is 14.2 Å². The molecule has 7 atom stereocenters. The van der Waals surface area contributed by atoms with E-state index in [4.69, 9.17) is 4.74 Å². The fourth-order valence-electron chi connectivity index (χ4n) is 8.38. The van der Waals surface area contributed by atoms with Gasteiger partial charge in [0.2, 0.25) is 5.91 Å². The van der Waals surface area contributed by atoms with Crippen LogP contribution in [0.2, 0.25) is 0 Å². The number of benzene rings is 1. The van der Waals surface area contributed by atoms with Gasteiger partial charge < -0.3 is 9.64 Å². The van der Waals surface area contributed by atoms with Gasteiger partial charge in [0.05, 0.1) is 13.0 Å². The number of methoxy groups -OCH3 is 1. The lowest BCUT2D eigenvalue weighted by molar-refractivity contribution is -0.160. The highest BCUT2D eigenvalue weighted by molar-refractivity contribution is 5.85. The number of ether oxygens (including phenoxy) is 1. The van der Waals surface area contributed by atoms with Crippen LogP contribution in [0.5, 0.6) is 5.75 Å².